The van der Waals surface area contributed by atoms with Gasteiger partial charge in [0.15, 0.2) is 0 Å². The summed E-state index contributed by atoms with van der Waals surface area (Å²) in [5.74, 6) is 1.74. The van der Waals surface area contributed by atoms with Gasteiger partial charge in [-0.25, -0.2) is 4.68 Å². The van der Waals surface area contributed by atoms with E-state index in [9.17, 15) is 4.79 Å². The summed E-state index contributed by atoms with van der Waals surface area (Å²) in [5.41, 5.74) is 1.28. The van der Waals surface area contributed by atoms with E-state index in [1.807, 2.05) is 28.9 Å². The minimum Gasteiger partial charge on any atom is -0.311 e. The van der Waals surface area contributed by atoms with Crippen molar-refractivity contribution in [2.75, 3.05) is 25.0 Å². The van der Waals surface area contributed by atoms with Gasteiger partial charge < -0.3 is 10.2 Å². The molecule has 1 fully saturated rings. The van der Waals surface area contributed by atoms with Crippen molar-refractivity contribution >= 4 is 11.7 Å². The van der Waals surface area contributed by atoms with Crippen molar-refractivity contribution in [3.8, 4) is 0 Å². The number of nitrogens with one attached hydrogen (secondary N) is 1. The monoisotopic (exact) mass is 406 g/mol. The SMILES string of the molecule is O=C(CCCc1ccccc1)Nc1ccnn1C1CCN(C[C@H]2CC=CCC2)CC1. The minimum atomic E-state index is 0.0791. The maximum atomic E-state index is 12.4. The molecule has 1 saturated heterocycles. The molecule has 5 nitrogen and oxygen atoms in total. The molecule has 1 atom stereocenters. The lowest BCUT2D eigenvalue weighted by atomic mass is 9.93. The van der Waals surface area contributed by atoms with Crippen LogP contribution < -0.4 is 5.32 Å². The number of allylic oxidation sites excluding steroid dienone is 2. The first kappa shape index (κ1) is 20.9. The zero-order chi connectivity index (χ0) is 20.6. The molecular formula is C25H34N4O. The third-order valence-corrected chi connectivity index (χ3v) is 6.45. The van der Waals surface area contributed by atoms with Crippen LogP contribution in [0, 0.1) is 5.92 Å². The molecular weight excluding hydrogens is 372 g/mol. The lowest BCUT2D eigenvalue weighted by Crippen LogP contribution is -2.38. The number of carbonyl (C=O) groups excluding carboxylic acids is 1. The summed E-state index contributed by atoms with van der Waals surface area (Å²) in [6.45, 7) is 3.46. The van der Waals surface area contributed by atoms with E-state index in [0.29, 0.717) is 12.5 Å². The van der Waals surface area contributed by atoms with Gasteiger partial charge in [-0.3, -0.25) is 4.79 Å². The van der Waals surface area contributed by atoms with Crippen LogP contribution in [0.15, 0.2) is 54.7 Å². The Morgan fingerprint density at radius 1 is 1.07 bits per heavy atom. The van der Waals surface area contributed by atoms with Crippen molar-refractivity contribution < 1.29 is 4.79 Å². The summed E-state index contributed by atoms with van der Waals surface area (Å²) in [5, 5.41) is 7.63. The molecule has 0 bridgehead atoms. The standard InChI is InChI=1S/C25H34N4O/c30-25(13-7-12-21-8-3-1-4-9-21)27-24-14-17-26-29(24)23-15-18-28(19-16-23)20-22-10-5-2-6-11-22/h1-5,8-9,14,17,22-23H,6-7,10-13,15-16,18-20H2,(H,27,30)/t22-/m0/s1. The Hall–Kier alpha value is -2.40. The van der Waals surface area contributed by atoms with Crippen molar-refractivity contribution in [3.05, 3.63) is 60.3 Å². The predicted octanol–water partition coefficient (Wildman–Crippen LogP) is 4.84. The van der Waals surface area contributed by atoms with Gasteiger partial charge in [0.25, 0.3) is 0 Å². The lowest BCUT2D eigenvalue weighted by molar-refractivity contribution is -0.116. The number of amides is 1. The van der Waals surface area contributed by atoms with Gasteiger partial charge in [-0.1, -0.05) is 42.5 Å². The van der Waals surface area contributed by atoms with E-state index in [1.54, 1.807) is 6.20 Å². The third kappa shape index (κ3) is 5.82. The summed E-state index contributed by atoms with van der Waals surface area (Å²) in [4.78, 5) is 15.1. The van der Waals surface area contributed by atoms with Crippen molar-refractivity contribution in [3.63, 3.8) is 0 Å². The zero-order valence-corrected chi connectivity index (χ0v) is 17.9. The second kappa shape index (κ2) is 10.6. The molecule has 1 aromatic carbocycles. The topological polar surface area (TPSA) is 50.2 Å². The van der Waals surface area contributed by atoms with Crippen LogP contribution in [0.3, 0.4) is 0 Å². The maximum Gasteiger partial charge on any atom is 0.225 e. The molecule has 1 amide bonds. The number of aromatic nitrogens is 2. The largest absolute Gasteiger partial charge is 0.311 e. The number of hydrogen-bond acceptors (Lipinski definition) is 3. The summed E-state index contributed by atoms with van der Waals surface area (Å²) in [7, 11) is 0. The van der Waals surface area contributed by atoms with Crippen molar-refractivity contribution in [2.45, 2.75) is 57.4 Å². The Morgan fingerprint density at radius 3 is 2.67 bits per heavy atom. The molecule has 0 radical (unpaired) electrons. The summed E-state index contributed by atoms with van der Waals surface area (Å²) in [6.07, 6.45) is 14.8. The highest BCUT2D eigenvalue weighted by Gasteiger charge is 2.24. The second-order valence-corrected chi connectivity index (χ2v) is 8.73. The fourth-order valence-corrected chi connectivity index (χ4v) is 4.74. The first-order chi connectivity index (χ1) is 14.8. The Bertz CT molecular complexity index is 821. The molecule has 1 aliphatic carbocycles. The van der Waals surface area contributed by atoms with Crippen LogP contribution in [0.25, 0.3) is 0 Å². The van der Waals surface area contributed by atoms with E-state index < -0.39 is 0 Å². The predicted molar refractivity (Wildman–Crippen MR) is 121 cm³/mol. The Kier molecular flexibility index (Phi) is 7.35. The molecule has 0 spiro atoms. The van der Waals surface area contributed by atoms with E-state index >= 15 is 0 Å². The van der Waals surface area contributed by atoms with E-state index in [-0.39, 0.29) is 5.91 Å². The summed E-state index contributed by atoms with van der Waals surface area (Å²) >= 11 is 0. The third-order valence-electron chi connectivity index (χ3n) is 6.45. The van der Waals surface area contributed by atoms with Gasteiger partial charge in [-0.05, 0) is 56.4 Å². The van der Waals surface area contributed by atoms with Gasteiger partial charge in [0.05, 0.1) is 12.2 Å². The molecule has 4 rings (SSSR count). The molecule has 1 aromatic heterocycles. The number of aryl methyl sites for hydroxylation is 1. The van der Waals surface area contributed by atoms with Gasteiger partial charge in [0.2, 0.25) is 5.91 Å². The van der Waals surface area contributed by atoms with Gasteiger partial charge in [0, 0.05) is 32.1 Å². The Morgan fingerprint density at radius 2 is 1.90 bits per heavy atom. The van der Waals surface area contributed by atoms with Gasteiger partial charge in [-0.2, -0.15) is 5.10 Å². The van der Waals surface area contributed by atoms with E-state index in [1.165, 1.54) is 31.4 Å². The highest BCUT2D eigenvalue weighted by atomic mass is 16.1. The van der Waals surface area contributed by atoms with Crippen LogP contribution in [-0.2, 0) is 11.2 Å². The van der Waals surface area contributed by atoms with Crippen LogP contribution in [0.5, 0.6) is 0 Å². The zero-order valence-electron chi connectivity index (χ0n) is 17.9. The summed E-state index contributed by atoms with van der Waals surface area (Å²) in [6, 6.07) is 12.7. The highest BCUT2D eigenvalue weighted by Crippen LogP contribution is 2.27. The number of benzene rings is 1. The molecule has 0 saturated carbocycles. The molecule has 30 heavy (non-hydrogen) atoms. The van der Waals surface area contributed by atoms with Crippen LogP contribution >= 0.6 is 0 Å². The summed E-state index contributed by atoms with van der Waals surface area (Å²) < 4.78 is 2.04. The number of rotatable bonds is 8. The number of nitrogens with zero attached hydrogens (tertiary/aromatic N) is 3. The number of likely N-dealkylation sites (tertiary alicyclic amines) is 1. The molecule has 1 aliphatic heterocycles. The smallest absolute Gasteiger partial charge is 0.225 e. The van der Waals surface area contributed by atoms with Crippen LogP contribution in [0.1, 0.15) is 56.6 Å². The van der Waals surface area contributed by atoms with E-state index in [0.717, 1.165) is 50.5 Å². The maximum absolute atomic E-state index is 12.4. The molecule has 160 valence electrons. The normalized spacial score (nSPS) is 20.3. The molecule has 1 N–H and O–H groups in total. The highest BCUT2D eigenvalue weighted by molar-refractivity contribution is 5.89. The molecule has 0 unspecified atom stereocenters. The van der Waals surface area contributed by atoms with Gasteiger partial charge >= 0.3 is 0 Å². The van der Waals surface area contributed by atoms with Gasteiger partial charge in [0.1, 0.15) is 5.82 Å². The van der Waals surface area contributed by atoms with Crippen LogP contribution in [-0.4, -0.2) is 40.2 Å². The molecule has 5 heteroatoms. The molecule has 2 aromatic rings. The first-order valence-electron chi connectivity index (χ1n) is 11.5. The average Bonchev–Trinajstić information content (AvgIpc) is 3.24. The fraction of sp³-hybridized carbons (Fsp3) is 0.520. The van der Waals surface area contributed by atoms with Crippen molar-refractivity contribution in [2.24, 2.45) is 5.92 Å². The fourth-order valence-electron chi connectivity index (χ4n) is 4.74. The number of hydrogen-bond donors (Lipinski definition) is 1. The molecule has 2 aliphatic rings. The minimum absolute atomic E-state index is 0.0791. The average molecular weight is 407 g/mol. The molecule has 2 heterocycles. The Labute approximate surface area is 180 Å². The number of piperidine rings is 1. The first-order valence-corrected chi connectivity index (χ1v) is 11.5. The number of anilines is 1. The second-order valence-electron chi connectivity index (χ2n) is 8.73. The lowest BCUT2D eigenvalue weighted by Gasteiger charge is -2.35. The van der Waals surface area contributed by atoms with E-state index in [2.05, 4.69) is 39.6 Å². The van der Waals surface area contributed by atoms with Crippen molar-refractivity contribution in [1.29, 1.82) is 0 Å². The van der Waals surface area contributed by atoms with Crippen LogP contribution in [0.4, 0.5) is 5.82 Å². The van der Waals surface area contributed by atoms with Crippen molar-refractivity contribution in [1.82, 2.24) is 14.7 Å². The Balaban J connectivity index is 1.22. The number of carbonyl (C=O) groups is 1. The van der Waals surface area contributed by atoms with E-state index in [4.69, 9.17) is 0 Å². The van der Waals surface area contributed by atoms with Crippen LogP contribution in [0.2, 0.25) is 0 Å². The van der Waals surface area contributed by atoms with Gasteiger partial charge in [-0.15, -0.1) is 0 Å². The quantitative estimate of drug-likeness (QED) is 0.638.